The number of carbonyl (C=O) groups excluding carboxylic acids is 1. The van der Waals surface area contributed by atoms with E-state index in [1.807, 2.05) is 11.8 Å². The van der Waals surface area contributed by atoms with Crippen LogP contribution in [0.5, 0.6) is 0 Å². The number of nitrogens with one attached hydrogen (secondary N) is 1. The molecule has 0 aliphatic carbocycles. The fourth-order valence-corrected chi connectivity index (χ4v) is 1.27. The zero-order valence-electron chi connectivity index (χ0n) is 7.42. The Kier molecular flexibility index (Phi) is 2.37. The topological polar surface area (TPSA) is 32.3 Å². The summed E-state index contributed by atoms with van der Waals surface area (Å²) < 4.78 is 0. The minimum absolute atomic E-state index is 0.0891. The van der Waals surface area contributed by atoms with Crippen LogP contribution in [-0.2, 0) is 0 Å². The average molecular weight is 156 g/mol. The van der Waals surface area contributed by atoms with Crippen molar-refractivity contribution in [2.24, 2.45) is 5.92 Å². The number of amides is 2. The molecule has 0 aromatic carbocycles. The van der Waals surface area contributed by atoms with Crippen molar-refractivity contribution in [1.29, 1.82) is 0 Å². The first-order chi connectivity index (χ1) is 5.15. The van der Waals surface area contributed by atoms with E-state index in [0.29, 0.717) is 12.0 Å². The summed E-state index contributed by atoms with van der Waals surface area (Å²) in [5.74, 6) is 0.537. The Bertz CT molecular complexity index is 156. The average Bonchev–Trinajstić information content (AvgIpc) is 2.31. The van der Waals surface area contributed by atoms with E-state index < -0.39 is 0 Å². The van der Waals surface area contributed by atoms with Crippen molar-refractivity contribution in [2.75, 3.05) is 13.1 Å². The van der Waals surface area contributed by atoms with Gasteiger partial charge >= 0.3 is 6.03 Å². The molecule has 0 aromatic heterocycles. The summed E-state index contributed by atoms with van der Waals surface area (Å²) in [6.07, 6.45) is 0. The highest BCUT2D eigenvalue weighted by molar-refractivity contribution is 5.76. The summed E-state index contributed by atoms with van der Waals surface area (Å²) in [6, 6.07) is 0.439. The van der Waals surface area contributed by atoms with E-state index in [-0.39, 0.29) is 6.03 Å². The lowest BCUT2D eigenvalue weighted by molar-refractivity contribution is 0.219. The lowest BCUT2D eigenvalue weighted by Gasteiger charge is -2.13. The van der Waals surface area contributed by atoms with Crippen LogP contribution in [0, 0.1) is 5.92 Å². The number of nitrogens with zero attached hydrogens (tertiary/aromatic N) is 1. The molecule has 1 aliphatic rings. The molecule has 0 spiro atoms. The summed E-state index contributed by atoms with van der Waals surface area (Å²) >= 11 is 0. The summed E-state index contributed by atoms with van der Waals surface area (Å²) in [4.78, 5) is 13.0. The molecule has 1 rings (SSSR count). The molecule has 0 bridgehead atoms. The van der Waals surface area contributed by atoms with E-state index in [0.717, 1.165) is 13.1 Å². The molecular formula is C8H16N2O. The zero-order valence-corrected chi connectivity index (χ0v) is 7.42. The van der Waals surface area contributed by atoms with Gasteiger partial charge in [-0.2, -0.15) is 0 Å². The summed E-state index contributed by atoms with van der Waals surface area (Å²) in [7, 11) is 0. The summed E-state index contributed by atoms with van der Waals surface area (Å²) in [5, 5.41) is 2.94. The van der Waals surface area contributed by atoms with Gasteiger partial charge in [0, 0.05) is 13.1 Å². The molecule has 3 nitrogen and oxygen atoms in total. The fourth-order valence-electron chi connectivity index (χ4n) is 1.27. The Morgan fingerprint density at radius 2 is 2.36 bits per heavy atom. The van der Waals surface area contributed by atoms with E-state index in [2.05, 4.69) is 19.2 Å². The van der Waals surface area contributed by atoms with Gasteiger partial charge in [0.25, 0.3) is 0 Å². The van der Waals surface area contributed by atoms with E-state index >= 15 is 0 Å². The van der Waals surface area contributed by atoms with Crippen LogP contribution in [0.1, 0.15) is 20.8 Å². The van der Waals surface area contributed by atoms with Crippen molar-refractivity contribution >= 4 is 6.03 Å². The third-order valence-corrected chi connectivity index (χ3v) is 2.20. The highest BCUT2D eigenvalue weighted by Crippen LogP contribution is 2.10. The third kappa shape index (κ3) is 1.64. The van der Waals surface area contributed by atoms with E-state index in [1.54, 1.807) is 0 Å². The monoisotopic (exact) mass is 156 g/mol. The van der Waals surface area contributed by atoms with Gasteiger partial charge in [0.05, 0.1) is 6.04 Å². The number of likely N-dealkylation sites (N-methyl/N-ethyl adjacent to an activating group) is 1. The van der Waals surface area contributed by atoms with E-state index in [9.17, 15) is 4.79 Å². The number of rotatable bonds is 2. The molecule has 0 radical (unpaired) electrons. The van der Waals surface area contributed by atoms with Crippen LogP contribution in [0.3, 0.4) is 0 Å². The maximum atomic E-state index is 11.1. The van der Waals surface area contributed by atoms with Gasteiger partial charge in [0.15, 0.2) is 0 Å². The number of carbonyl (C=O) groups is 1. The first-order valence-electron chi connectivity index (χ1n) is 4.20. The molecule has 1 atom stereocenters. The molecule has 1 N–H and O–H groups in total. The Hall–Kier alpha value is -0.730. The predicted molar refractivity (Wildman–Crippen MR) is 44.4 cm³/mol. The highest BCUT2D eigenvalue weighted by Gasteiger charge is 2.28. The lowest BCUT2D eigenvalue weighted by atomic mass is 10.1. The van der Waals surface area contributed by atoms with Crippen LogP contribution in [0.15, 0.2) is 0 Å². The highest BCUT2D eigenvalue weighted by atomic mass is 16.2. The molecule has 11 heavy (non-hydrogen) atoms. The van der Waals surface area contributed by atoms with Crippen molar-refractivity contribution in [1.82, 2.24) is 10.2 Å². The molecule has 1 heterocycles. The van der Waals surface area contributed by atoms with Crippen molar-refractivity contribution in [3.8, 4) is 0 Å². The molecule has 2 amide bonds. The molecule has 1 saturated heterocycles. The van der Waals surface area contributed by atoms with E-state index in [1.165, 1.54) is 0 Å². The van der Waals surface area contributed by atoms with Gasteiger partial charge in [-0.05, 0) is 12.8 Å². The molecule has 64 valence electrons. The largest absolute Gasteiger partial charge is 0.333 e. The van der Waals surface area contributed by atoms with Crippen LogP contribution in [0.4, 0.5) is 4.79 Å². The molecule has 1 aliphatic heterocycles. The van der Waals surface area contributed by atoms with Gasteiger partial charge in [0.1, 0.15) is 0 Å². The van der Waals surface area contributed by atoms with Crippen LogP contribution in [0.25, 0.3) is 0 Å². The maximum Gasteiger partial charge on any atom is 0.317 e. The molecular weight excluding hydrogens is 140 g/mol. The minimum atomic E-state index is 0.0891. The minimum Gasteiger partial charge on any atom is -0.333 e. The first-order valence-corrected chi connectivity index (χ1v) is 4.20. The van der Waals surface area contributed by atoms with Gasteiger partial charge in [-0.3, -0.25) is 0 Å². The number of hydrogen-bond donors (Lipinski definition) is 1. The Morgan fingerprint density at radius 3 is 2.64 bits per heavy atom. The second-order valence-electron chi connectivity index (χ2n) is 3.34. The van der Waals surface area contributed by atoms with E-state index in [4.69, 9.17) is 0 Å². The third-order valence-electron chi connectivity index (χ3n) is 2.20. The van der Waals surface area contributed by atoms with Gasteiger partial charge in [-0.25, -0.2) is 4.79 Å². The first kappa shape index (κ1) is 8.37. The van der Waals surface area contributed by atoms with Gasteiger partial charge < -0.3 is 10.2 Å². The molecule has 0 aromatic rings. The smallest absolute Gasteiger partial charge is 0.317 e. The Balaban J connectivity index is 2.49. The fraction of sp³-hybridized carbons (Fsp3) is 0.875. The van der Waals surface area contributed by atoms with Crippen molar-refractivity contribution in [3.05, 3.63) is 0 Å². The Labute approximate surface area is 67.8 Å². The summed E-state index contributed by atoms with van der Waals surface area (Å²) in [6.45, 7) is 7.94. The second-order valence-corrected chi connectivity index (χ2v) is 3.34. The van der Waals surface area contributed by atoms with Crippen molar-refractivity contribution in [3.63, 3.8) is 0 Å². The van der Waals surface area contributed by atoms with Crippen LogP contribution < -0.4 is 5.32 Å². The lowest BCUT2D eigenvalue weighted by Crippen LogP contribution is -2.31. The summed E-state index contributed by atoms with van der Waals surface area (Å²) in [5.41, 5.74) is 0. The van der Waals surface area contributed by atoms with Gasteiger partial charge in [0.2, 0.25) is 0 Å². The normalized spacial score (nSPS) is 24.5. The van der Waals surface area contributed by atoms with Gasteiger partial charge in [-0.1, -0.05) is 13.8 Å². The second kappa shape index (κ2) is 3.11. The number of hydrogen-bond acceptors (Lipinski definition) is 1. The molecule has 1 unspecified atom stereocenters. The van der Waals surface area contributed by atoms with Crippen molar-refractivity contribution in [2.45, 2.75) is 26.8 Å². The zero-order chi connectivity index (χ0) is 8.43. The van der Waals surface area contributed by atoms with Crippen LogP contribution in [0.2, 0.25) is 0 Å². The standard InChI is InChI=1S/C8H16N2O/c1-4-10-5-7(6(2)3)9-8(10)11/h6-7H,4-5H2,1-3H3,(H,9,11). The molecule has 1 fully saturated rings. The maximum absolute atomic E-state index is 11.1. The SMILES string of the molecule is CCN1CC(C(C)C)NC1=O. The van der Waals surface area contributed by atoms with Gasteiger partial charge in [-0.15, -0.1) is 0 Å². The molecule has 3 heteroatoms. The van der Waals surface area contributed by atoms with Crippen LogP contribution in [-0.4, -0.2) is 30.1 Å². The number of urea groups is 1. The van der Waals surface area contributed by atoms with Crippen LogP contribution >= 0.6 is 0 Å². The molecule has 0 saturated carbocycles. The predicted octanol–water partition coefficient (Wildman–Crippen LogP) is 1.06. The quantitative estimate of drug-likeness (QED) is 0.637. The van der Waals surface area contributed by atoms with Crippen molar-refractivity contribution < 1.29 is 4.79 Å². The Morgan fingerprint density at radius 1 is 1.73 bits per heavy atom.